The van der Waals surface area contributed by atoms with Crippen LogP contribution in [0.5, 0.6) is 11.5 Å². The molecule has 0 fully saturated rings. The number of allylic oxidation sites excluding steroid dienone is 1. The Bertz CT molecular complexity index is 2060. The number of halogens is 2. The van der Waals surface area contributed by atoms with E-state index in [-0.39, 0.29) is 5.91 Å². The Hall–Kier alpha value is -4.25. The third-order valence-electron chi connectivity index (χ3n) is 8.36. The molecule has 0 bridgehead atoms. The number of carbonyl (C=O) groups is 1. The number of rotatable bonds is 11. The van der Waals surface area contributed by atoms with Gasteiger partial charge in [-0.3, -0.25) is 4.79 Å². The van der Waals surface area contributed by atoms with Crippen LogP contribution < -0.4 is 20.1 Å². The predicted molar refractivity (Wildman–Crippen MR) is 201 cm³/mol. The van der Waals surface area contributed by atoms with Crippen molar-refractivity contribution in [2.75, 3.05) is 17.2 Å². The van der Waals surface area contributed by atoms with E-state index < -0.39 is 6.04 Å². The SMILES string of the molecule is CCOc1cc(C2C(C(=O)Nc3cccc(C)c3C)=C(C)Nc3nc(SCc4ccccc4Cl)nn32)cc(Br)c1OCc1cccc(C)c1. The number of ether oxygens (including phenoxy) is 2. The number of amides is 1. The summed E-state index contributed by atoms with van der Waals surface area (Å²) in [7, 11) is 0. The summed E-state index contributed by atoms with van der Waals surface area (Å²) in [5.41, 5.74) is 7.99. The van der Waals surface area contributed by atoms with Gasteiger partial charge >= 0.3 is 0 Å². The van der Waals surface area contributed by atoms with E-state index in [4.69, 9.17) is 31.2 Å². The van der Waals surface area contributed by atoms with Gasteiger partial charge in [0.05, 0.1) is 16.7 Å². The zero-order chi connectivity index (χ0) is 34.7. The van der Waals surface area contributed by atoms with E-state index in [9.17, 15) is 4.79 Å². The van der Waals surface area contributed by atoms with Gasteiger partial charge in [-0.05, 0) is 103 Å². The van der Waals surface area contributed by atoms with E-state index in [1.165, 1.54) is 11.8 Å². The van der Waals surface area contributed by atoms with Crippen LogP contribution in [-0.2, 0) is 17.2 Å². The molecule has 252 valence electrons. The first kappa shape index (κ1) is 34.6. The van der Waals surface area contributed by atoms with Crippen molar-refractivity contribution in [2.45, 2.75) is 58.2 Å². The molecule has 1 atom stereocenters. The highest BCUT2D eigenvalue weighted by molar-refractivity contribution is 9.10. The molecule has 49 heavy (non-hydrogen) atoms. The molecule has 1 aliphatic heterocycles. The third-order valence-corrected chi connectivity index (χ3v) is 10.2. The number of aromatic nitrogens is 3. The van der Waals surface area contributed by atoms with Crippen LogP contribution in [0.25, 0.3) is 0 Å². The molecule has 6 rings (SSSR count). The Labute approximate surface area is 304 Å². The minimum absolute atomic E-state index is 0.246. The first-order chi connectivity index (χ1) is 23.6. The lowest BCUT2D eigenvalue weighted by atomic mass is 9.94. The van der Waals surface area contributed by atoms with Crippen LogP contribution in [0, 0.1) is 20.8 Å². The molecule has 2 N–H and O–H groups in total. The minimum Gasteiger partial charge on any atom is -0.490 e. The topological polar surface area (TPSA) is 90.3 Å². The van der Waals surface area contributed by atoms with Crippen molar-refractivity contribution in [3.63, 3.8) is 0 Å². The zero-order valence-corrected chi connectivity index (χ0v) is 31.1. The predicted octanol–water partition coefficient (Wildman–Crippen LogP) is 9.82. The smallest absolute Gasteiger partial charge is 0.255 e. The first-order valence-corrected chi connectivity index (χ1v) is 18.1. The van der Waals surface area contributed by atoms with Crippen molar-refractivity contribution >= 4 is 56.8 Å². The highest BCUT2D eigenvalue weighted by Gasteiger charge is 2.36. The normalized spacial score (nSPS) is 13.9. The van der Waals surface area contributed by atoms with Crippen LogP contribution in [0.2, 0.25) is 5.02 Å². The quantitative estimate of drug-likeness (QED) is 0.130. The zero-order valence-electron chi connectivity index (χ0n) is 27.9. The Balaban J connectivity index is 1.40. The molecule has 4 aromatic carbocycles. The van der Waals surface area contributed by atoms with E-state index in [1.807, 2.05) is 94.4 Å². The number of nitrogens with zero attached hydrogens (tertiary/aromatic N) is 3. The van der Waals surface area contributed by atoms with Gasteiger partial charge in [0.1, 0.15) is 12.6 Å². The van der Waals surface area contributed by atoms with E-state index in [1.54, 1.807) is 4.68 Å². The molecule has 11 heteroatoms. The van der Waals surface area contributed by atoms with Gasteiger partial charge in [-0.2, -0.15) is 4.98 Å². The van der Waals surface area contributed by atoms with Crippen LogP contribution in [0.15, 0.2) is 99.8 Å². The molecule has 1 aromatic heterocycles. The first-order valence-electron chi connectivity index (χ1n) is 16.0. The summed E-state index contributed by atoms with van der Waals surface area (Å²) in [6, 6.07) is 25.1. The number of benzene rings is 4. The van der Waals surface area contributed by atoms with Crippen molar-refractivity contribution < 1.29 is 14.3 Å². The number of thioether (sulfide) groups is 1. The maximum absolute atomic E-state index is 14.3. The summed E-state index contributed by atoms with van der Waals surface area (Å²) in [6.45, 7) is 10.7. The number of anilines is 2. The van der Waals surface area contributed by atoms with Gasteiger partial charge in [0.15, 0.2) is 11.5 Å². The average Bonchev–Trinajstić information content (AvgIpc) is 3.47. The molecule has 1 aliphatic rings. The van der Waals surface area contributed by atoms with Crippen molar-refractivity contribution in [1.29, 1.82) is 0 Å². The Kier molecular flexibility index (Phi) is 10.7. The number of fused-ring (bicyclic) bond motifs is 1. The van der Waals surface area contributed by atoms with Gasteiger partial charge in [-0.1, -0.05) is 83.5 Å². The lowest BCUT2D eigenvalue weighted by Gasteiger charge is -2.29. The molecule has 0 saturated heterocycles. The minimum atomic E-state index is -0.634. The van der Waals surface area contributed by atoms with E-state index in [2.05, 4.69) is 45.6 Å². The monoisotopic (exact) mass is 757 g/mol. The highest BCUT2D eigenvalue weighted by Crippen LogP contribution is 2.44. The molecular formula is C38H37BrClN5O3S. The molecule has 0 radical (unpaired) electrons. The van der Waals surface area contributed by atoms with Crippen molar-refractivity contribution in [1.82, 2.24) is 14.8 Å². The van der Waals surface area contributed by atoms with Gasteiger partial charge in [0.2, 0.25) is 11.1 Å². The van der Waals surface area contributed by atoms with Gasteiger partial charge in [0, 0.05) is 22.2 Å². The Morgan fingerprint density at radius 1 is 1.02 bits per heavy atom. The van der Waals surface area contributed by atoms with E-state index >= 15 is 0 Å². The van der Waals surface area contributed by atoms with Crippen molar-refractivity contribution in [3.8, 4) is 11.5 Å². The van der Waals surface area contributed by atoms with Crippen molar-refractivity contribution in [3.05, 3.63) is 133 Å². The fourth-order valence-electron chi connectivity index (χ4n) is 5.73. The molecule has 0 spiro atoms. The van der Waals surface area contributed by atoms with Crippen LogP contribution in [0.3, 0.4) is 0 Å². The molecule has 0 saturated carbocycles. The molecule has 1 amide bonds. The lowest BCUT2D eigenvalue weighted by Crippen LogP contribution is -2.31. The van der Waals surface area contributed by atoms with Crippen LogP contribution >= 0.6 is 39.3 Å². The molecule has 5 aromatic rings. The highest BCUT2D eigenvalue weighted by atomic mass is 79.9. The summed E-state index contributed by atoms with van der Waals surface area (Å²) in [4.78, 5) is 19.1. The number of hydrogen-bond donors (Lipinski definition) is 2. The maximum Gasteiger partial charge on any atom is 0.255 e. The standard InChI is InChI=1S/C38H37BrClN5O3S/c1-6-47-32-19-28(18-29(39)35(32)48-20-26-13-9-11-22(2)17-26)34-33(36(46)42-31-16-10-12-23(3)24(31)4)25(5)41-37-43-38(44-45(34)37)49-21-27-14-7-8-15-30(27)40/h7-19,34H,6,20-21H2,1-5H3,(H,42,46)(H,41,43,44). The summed E-state index contributed by atoms with van der Waals surface area (Å²) in [5, 5.41) is 12.7. The summed E-state index contributed by atoms with van der Waals surface area (Å²) >= 11 is 11.7. The van der Waals surface area contributed by atoms with Gasteiger partial charge in [0.25, 0.3) is 5.91 Å². The van der Waals surface area contributed by atoms with Gasteiger partial charge in [-0.15, -0.1) is 5.10 Å². The second-order valence-electron chi connectivity index (χ2n) is 11.9. The van der Waals surface area contributed by atoms with Crippen LogP contribution in [0.1, 0.15) is 53.3 Å². The number of carbonyl (C=O) groups excluding carboxylic acids is 1. The fraction of sp³-hybridized carbons (Fsp3) is 0.237. The molecule has 2 heterocycles. The Morgan fingerprint density at radius 2 is 1.82 bits per heavy atom. The van der Waals surface area contributed by atoms with E-state index in [0.717, 1.165) is 39.1 Å². The number of hydrogen-bond acceptors (Lipinski definition) is 7. The van der Waals surface area contributed by atoms with Crippen LogP contribution in [0.4, 0.5) is 11.6 Å². The van der Waals surface area contributed by atoms with Gasteiger partial charge in [-0.25, -0.2) is 4.68 Å². The molecule has 8 nitrogen and oxygen atoms in total. The average molecular weight is 759 g/mol. The van der Waals surface area contributed by atoms with Gasteiger partial charge < -0.3 is 20.1 Å². The fourth-order valence-corrected chi connectivity index (χ4v) is 7.42. The number of aryl methyl sites for hydroxylation is 2. The molecule has 0 aliphatic carbocycles. The third kappa shape index (κ3) is 7.66. The van der Waals surface area contributed by atoms with E-state index in [0.29, 0.717) is 62.3 Å². The largest absolute Gasteiger partial charge is 0.490 e. The molecular weight excluding hydrogens is 722 g/mol. The summed E-state index contributed by atoms with van der Waals surface area (Å²) in [6.07, 6.45) is 0. The summed E-state index contributed by atoms with van der Waals surface area (Å²) < 4.78 is 15.0. The maximum atomic E-state index is 14.3. The second-order valence-corrected chi connectivity index (χ2v) is 14.1. The second kappa shape index (κ2) is 15.1. The molecule has 1 unspecified atom stereocenters. The van der Waals surface area contributed by atoms with Crippen LogP contribution in [-0.4, -0.2) is 27.3 Å². The lowest BCUT2D eigenvalue weighted by molar-refractivity contribution is -0.113. The number of nitrogens with one attached hydrogen (secondary N) is 2. The Morgan fingerprint density at radius 3 is 2.59 bits per heavy atom. The summed E-state index contributed by atoms with van der Waals surface area (Å²) in [5.74, 6) is 2.01. The van der Waals surface area contributed by atoms with Crippen molar-refractivity contribution in [2.24, 2.45) is 0 Å².